The first-order valence-electron chi connectivity index (χ1n) is 9.07. The van der Waals surface area contributed by atoms with Crippen molar-refractivity contribution in [2.75, 3.05) is 4.72 Å². The molecular weight excluding hydrogens is 446 g/mol. The summed E-state index contributed by atoms with van der Waals surface area (Å²) in [7, 11) is -3.75. The normalized spacial score (nSPS) is 14.3. The van der Waals surface area contributed by atoms with E-state index in [2.05, 4.69) is 9.71 Å². The number of carbonyl (C=O) groups excluding carboxylic acids is 1. The van der Waals surface area contributed by atoms with E-state index in [9.17, 15) is 13.2 Å². The van der Waals surface area contributed by atoms with Crippen molar-refractivity contribution in [3.63, 3.8) is 0 Å². The number of fused-ring (bicyclic) bond motifs is 1. The van der Waals surface area contributed by atoms with Crippen LogP contribution in [0.3, 0.4) is 0 Å². The van der Waals surface area contributed by atoms with Crippen molar-refractivity contribution in [2.45, 2.75) is 31.0 Å². The second kappa shape index (κ2) is 8.25. The van der Waals surface area contributed by atoms with Crippen molar-refractivity contribution in [2.24, 2.45) is 0 Å². The first kappa shape index (κ1) is 20.6. The molecule has 2 aromatic carbocycles. The summed E-state index contributed by atoms with van der Waals surface area (Å²) < 4.78 is 33.4. The van der Waals surface area contributed by atoms with Gasteiger partial charge in [-0.25, -0.2) is 13.4 Å². The number of amides is 1. The van der Waals surface area contributed by atoms with E-state index in [1.165, 1.54) is 23.6 Å². The molecule has 156 valence electrons. The summed E-state index contributed by atoms with van der Waals surface area (Å²) in [5.74, 6) is 0.332. The summed E-state index contributed by atoms with van der Waals surface area (Å²) in [5, 5.41) is 2.52. The van der Waals surface area contributed by atoms with Gasteiger partial charge in [0.2, 0.25) is 0 Å². The number of hydrogen-bond acceptors (Lipinski definition) is 6. The largest absolute Gasteiger partial charge is 0.481 e. The van der Waals surface area contributed by atoms with Crippen LogP contribution in [0.15, 0.2) is 58.9 Å². The highest BCUT2D eigenvalue weighted by Crippen LogP contribution is 2.28. The lowest BCUT2D eigenvalue weighted by Crippen LogP contribution is -2.37. The molecule has 0 fully saturated rings. The van der Waals surface area contributed by atoms with Gasteiger partial charge in [0.1, 0.15) is 5.75 Å². The molecule has 3 aromatic rings. The Morgan fingerprint density at radius 1 is 1.23 bits per heavy atom. The van der Waals surface area contributed by atoms with Crippen molar-refractivity contribution < 1.29 is 17.9 Å². The van der Waals surface area contributed by atoms with Gasteiger partial charge in [-0.05, 0) is 48.4 Å². The fraction of sp³-hybridized carbons (Fsp3) is 0.200. The fourth-order valence-electron chi connectivity index (χ4n) is 3.19. The molecule has 4 rings (SSSR count). The minimum Gasteiger partial charge on any atom is -0.481 e. The van der Waals surface area contributed by atoms with Crippen LogP contribution in [-0.4, -0.2) is 30.3 Å². The van der Waals surface area contributed by atoms with Crippen LogP contribution in [0.25, 0.3) is 0 Å². The Kier molecular flexibility index (Phi) is 5.68. The maximum Gasteiger partial charge on any atom is 0.263 e. The van der Waals surface area contributed by atoms with Gasteiger partial charge >= 0.3 is 0 Å². The maximum atomic E-state index is 12.8. The summed E-state index contributed by atoms with van der Waals surface area (Å²) in [6.45, 7) is 2.40. The molecule has 10 heteroatoms. The highest BCUT2D eigenvalue weighted by atomic mass is 35.5. The van der Waals surface area contributed by atoms with E-state index in [4.69, 9.17) is 16.3 Å². The van der Waals surface area contributed by atoms with Gasteiger partial charge < -0.3 is 9.64 Å². The molecule has 1 N–H and O–H groups in total. The third-order valence-corrected chi connectivity index (χ3v) is 7.02. The Bertz CT molecular complexity index is 1180. The zero-order valence-electron chi connectivity index (χ0n) is 15.9. The monoisotopic (exact) mass is 463 g/mol. The maximum absolute atomic E-state index is 12.8. The Balaban J connectivity index is 1.46. The standard InChI is InChI=1S/C20H18ClN3O4S2/c1-13(28-17-4-2-3-16(21)10-17)19(25)24-11-14-5-6-18(9-15(14)12-24)30(26,27)23-20-22-7-8-29-20/h2-10,13H,11-12H2,1H3,(H,22,23). The van der Waals surface area contributed by atoms with Crippen molar-refractivity contribution in [1.29, 1.82) is 0 Å². The summed E-state index contributed by atoms with van der Waals surface area (Å²) in [4.78, 5) is 18.6. The fourth-order valence-corrected chi connectivity index (χ4v) is 5.21. The molecule has 1 aliphatic rings. The van der Waals surface area contributed by atoms with Gasteiger partial charge in [0.25, 0.3) is 15.9 Å². The summed E-state index contributed by atoms with van der Waals surface area (Å²) >= 11 is 7.16. The van der Waals surface area contributed by atoms with E-state index >= 15 is 0 Å². The van der Waals surface area contributed by atoms with Crippen molar-refractivity contribution >= 4 is 44.0 Å². The summed E-state index contributed by atoms with van der Waals surface area (Å²) in [5.41, 5.74) is 1.70. The zero-order chi connectivity index (χ0) is 21.3. The van der Waals surface area contributed by atoms with Crippen LogP contribution in [0.1, 0.15) is 18.1 Å². The molecule has 0 radical (unpaired) electrons. The number of sulfonamides is 1. The summed E-state index contributed by atoms with van der Waals surface area (Å²) in [6.07, 6.45) is 0.828. The minimum atomic E-state index is -3.75. The second-order valence-corrected chi connectivity index (χ2v) is 9.80. The lowest BCUT2D eigenvalue weighted by molar-refractivity contribution is -0.138. The van der Waals surface area contributed by atoms with Crippen LogP contribution in [0.2, 0.25) is 5.02 Å². The lowest BCUT2D eigenvalue weighted by atomic mass is 10.1. The number of nitrogens with one attached hydrogen (secondary N) is 1. The molecule has 1 unspecified atom stereocenters. The Hall–Kier alpha value is -2.62. The van der Waals surface area contributed by atoms with Crippen LogP contribution >= 0.6 is 22.9 Å². The summed E-state index contributed by atoms with van der Waals surface area (Å²) in [6, 6.07) is 11.7. The van der Waals surface area contributed by atoms with E-state index in [1.807, 2.05) is 0 Å². The Labute approximate surface area is 183 Å². The third kappa shape index (κ3) is 4.43. The molecule has 0 bridgehead atoms. The molecule has 1 atom stereocenters. The molecule has 1 aliphatic heterocycles. The van der Waals surface area contributed by atoms with E-state index < -0.39 is 16.1 Å². The van der Waals surface area contributed by atoms with E-state index in [0.29, 0.717) is 29.0 Å². The van der Waals surface area contributed by atoms with Gasteiger partial charge in [-0.15, -0.1) is 11.3 Å². The Morgan fingerprint density at radius 2 is 2.03 bits per heavy atom. The molecule has 7 nitrogen and oxygen atoms in total. The molecule has 30 heavy (non-hydrogen) atoms. The molecule has 1 aromatic heterocycles. The highest BCUT2D eigenvalue weighted by molar-refractivity contribution is 7.93. The van der Waals surface area contributed by atoms with Gasteiger partial charge in [-0.1, -0.05) is 23.7 Å². The number of anilines is 1. The first-order valence-corrected chi connectivity index (χ1v) is 11.8. The molecule has 0 saturated heterocycles. The van der Waals surface area contributed by atoms with E-state index in [1.54, 1.807) is 53.6 Å². The number of hydrogen-bond donors (Lipinski definition) is 1. The van der Waals surface area contributed by atoms with Crippen LogP contribution in [0, 0.1) is 0 Å². The van der Waals surface area contributed by atoms with Crippen LogP contribution in [0.4, 0.5) is 5.13 Å². The first-order chi connectivity index (χ1) is 14.3. The SMILES string of the molecule is CC(Oc1cccc(Cl)c1)C(=O)N1Cc2ccc(S(=O)(=O)Nc3nccs3)cc2C1. The average Bonchev–Trinajstić information content (AvgIpc) is 3.35. The van der Waals surface area contributed by atoms with Gasteiger partial charge in [0.15, 0.2) is 11.2 Å². The van der Waals surface area contributed by atoms with Crippen molar-refractivity contribution in [3.8, 4) is 5.75 Å². The number of aromatic nitrogens is 1. The van der Waals surface area contributed by atoms with Crippen LogP contribution in [-0.2, 0) is 27.9 Å². The molecule has 0 saturated carbocycles. The van der Waals surface area contributed by atoms with Gasteiger partial charge in [0.05, 0.1) is 4.90 Å². The molecule has 2 heterocycles. The third-order valence-electron chi connectivity index (χ3n) is 4.63. The second-order valence-electron chi connectivity index (χ2n) is 6.79. The van der Waals surface area contributed by atoms with Gasteiger partial charge in [0, 0.05) is 29.7 Å². The van der Waals surface area contributed by atoms with Crippen molar-refractivity contribution in [1.82, 2.24) is 9.88 Å². The Morgan fingerprint density at radius 3 is 2.77 bits per heavy atom. The van der Waals surface area contributed by atoms with E-state index in [-0.39, 0.29) is 10.8 Å². The predicted molar refractivity (Wildman–Crippen MR) is 115 cm³/mol. The quantitative estimate of drug-likeness (QED) is 0.598. The lowest BCUT2D eigenvalue weighted by Gasteiger charge is -2.21. The number of rotatable bonds is 6. The zero-order valence-corrected chi connectivity index (χ0v) is 18.3. The minimum absolute atomic E-state index is 0.133. The number of nitrogens with zero attached hydrogens (tertiary/aromatic N) is 2. The van der Waals surface area contributed by atoms with E-state index in [0.717, 1.165) is 11.1 Å². The molecule has 0 aliphatic carbocycles. The topological polar surface area (TPSA) is 88.6 Å². The molecule has 0 spiro atoms. The number of benzene rings is 2. The average molecular weight is 464 g/mol. The smallest absolute Gasteiger partial charge is 0.263 e. The predicted octanol–water partition coefficient (Wildman–Crippen LogP) is 3.91. The van der Waals surface area contributed by atoms with Gasteiger partial charge in [-0.3, -0.25) is 9.52 Å². The van der Waals surface area contributed by atoms with Crippen molar-refractivity contribution in [3.05, 3.63) is 70.2 Å². The van der Waals surface area contributed by atoms with Crippen LogP contribution < -0.4 is 9.46 Å². The highest BCUT2D eigenvalue weighted by Gasteiger charge is 2.29. The molecule has 1 amide bonds. The number of halogens is 1. The number of carbonyl (C=O) groups is 1. The van der Waals surface area contributed by atoms with Crippen LogP contribution in [0.5, 0.6) is 5.75 Å². The number of thiazole rings is 1. The number of ether oxygens (including phenoxy) is 1. The molecular formula is C20H18ClN3O4S2. The van der Waals surface area contributed by atoms with Gasteiger partial charge in [-0.2, -0.15) is 0 Å².